The van der Waals surface area contributed by atoms with Crippen LogP contribution in [0.1, 0.15) is 32.3 Å². The average molecular weight is 284 g/mol. The molecule has 1 N–H and O–H groups in total. The van der Waals surface area contributed by atoms with Crippen LogP contribution in [0.5, 0.6) is 0 Å². The molecule has 1 saturated heterocycles. The summed E-state index contributed by atoms with van der Waals surface area (Å²) in [5.74, 6) is 1.66. The van der Waals surface area contributed by atoms with Crippen molar-refractivity contribution >= 4 is 16.8 Å². The Bertz CT molecular complexity index is 631. The number of benzene rings is 1. The molecule has 2 heterocycles. The number of para-hydroxylation sites is 1. The van der Waals surface area contributed by atoms with Crippen molar-refractivity contribution in [2.24, 2.45) is 11.8 Å². The minimum atomic E-state index is 0.305. The highest BCUT2D eigenvalue weighted by Crippen LogP contribution is 2.24. The highest BCUT2D eigenvalue weighted by Gasteiger charge is 2.25. The molecule has 0 saturated carbocycles. The van der Waals surface area contributed by atoms with E-state index in [1.807, 2.05) is 12.3 Å². The number of fused-ring (bicyclic) bond motifs is 1. The lowest BCUT2D eigenvalue weighted by atomic mass is 9.88. The van der Waals surface area contributed by atoms with Crippen molar-refractivity contribution in [3.05, 3.63) is 36.0 Å². The topological polar surface area (TPSA) is 36.1 Å². The van der Waals surface area contributed by atoms with E-state index in [-0.39, 0.29) is 0 Å². The van der Waals surface area contributed by atoms with Gasteiger partial charge in [-0.1, -0.05) is 32.0 Å². The molecule has 1 fully saturated rings. The van der Waals surface area contributed by atoms with Crippen molar-refractivity contribution in [3.63, 3.8) is 0 Å². The minimum absolute atomic E-state index is 0.305. The standard InChI is InChI=1S/C18H24N2O/c1-13-9-10-20(12-14(13)2)18(21)8-7-15-11-19-17-6-4-3-5-16(15)17/h3-6,11,13-14,19H,7-10,12H2,1-2H3. The summed E-state index contributed by atoms with van der Waals surface area (Å²) < 4.78 is 0. The Kier molecular flexibility index (Phi) is 4.00. The van der Waals surface area contributed by atoms with Gasteiger partial charge >= 0.3 is 0 Å². The van der Waals surface area contributed by atoms with E-state index in [0.29, 0.717) is 18.2 Å². The summed E-state index contributed by atoms with van der Waals surface area (Å²) in [6.07, 6.45) is 4.62. The van der Waals surface area contributed by atoms with Gasteiger partial charge in [-0.3, -0.25) is 4.79 Å². The van der Waals surface area contributed by atoms with Crippen molar-refractivity contribution in [2.45, 2.75) is 33.1 Å². The monoisotopic (exact) mass is 284 g/mol. The molecule has 3 nitrogen and oxygen atoms in total. The van der Waals surface area contributed by atoms with Gasteiger partial charge in [-0.05, 0) is 36.3 Å². The second kappa shape index (κ2) is 5.92. The van der Waals surface area contributed by atoms with Gasteiger partial charge in [0.1, 0.15) is 0 Å². The highest BCUT2D eigenvalue weighted by atomic mass is 16.2. The number of piperidine rings is 1. The third-order valence-electron chi connectivity index (χ3n) is 4.97. The van der Waals surface area contributed by atoms with Crippen LogP contribution < -0.4 is 0 Å². The fourth-order valence-corrected chi connectivity index (χ4v) is 3.23. The molecule has 3 heteroatoms. The number of carbonyl (C=O) groups is 1. The number of aromatic amines is 1. The van der Waals surface area contributed by atoms with Crippen molar-refractivity contribution in [1.29, 1.82) is 0 Å². The van der Waals surface area contributed by atoms with Crippen molar-refractivity contribution in [3.8, 4) is 0 Å². The van der Waals surface area contributed by atoms with Gasteiger partial charge in [0.2, 0.25) is 5.91 Å². The Balaban J connectivity index is 1.61. The highest BCUT2D eigenvalue weighted by molar-refractivity contribution is 5.84. The molecule has 3 rings (SSSR count). The molecule has 0 aliphatic carbocycles. The van der Waals surface area contributed by atoms with Gasteiger partial charge < -0.3 is 9.88 Å². The quantitative estimate of drug-likeness (QED) is 0.918. The predicted octanol–water partition coefficient (Wildman–Crippen LogP) is 3.61. The van der Waals surface area contributed by atoms with Crippen LogP contribution in [0.2, 0.25) is 0 Å². The summed E-state index contributed by atoms with van der Waals surface area (Å²) in [7, 11) is 0. The van der Waals surface area contributed by atoms with Gasteiger partial charge in [0.15, 0.2) is 0 Å². The lowest BCUT2D eigenvalue weighted by molar-refractivity contribution is -0.133. The Hall–Kier alpha value is -1.77. The first kappa shape index (κ1) is 14.2. The van der Waals surface area contributed by atoms with Crippen LogP contribution in [-0.4, -0.2) is 28.9 Å². The second-order valence-corrected chi connectivity index (χ2v) is 6.44. The Morgan fingerprint density at radius 3 is 2.90 bits per heavy atom. The fourth-order valence-electron chi connectivity index (χ4n) is 3.23. The first-order valence-corrected chi connectivity index (χ1v) is 7.98. The third kappa shape index (κ3) is 2.97. The van der Waals surface area contributed by atoms with Gasteiger partial charge in [0.05, 0.1) is 0 Å². The Morgan fingerprint density at radius 1 is 1.29 bits per heavy atom. The number of amides is 1. The number of aryl methyl sites for hydroxylation is 1. The molecule has 112 valence electrons. The molecule has 0 bridgehead atoms. The van der Waals surface area contributed by atoms with Crippen LogP contribution in [0.4, 0.5) is 0 Å². The fraction of sp³-hybridized carbons (Fsp3) is 0.500. The molecule has 2 aromatic rings. The number of likely N-dealkylation sites (tertiary alicyclic amines) is 1. The number of H-pyrrole nitrogens is 1. The average Bonchev–Trinajstić information content (AvgIpc) is 2.91. The number of aromatic nitrogens is 1. The lowest BCUT2D eigenvalue weighted by Crippen LogP contribution is -2.42. The van der Waals surface area contributed by atoms with Crippen LogP contribution >= 0.6 is 0 Å². The summed E-state index contributed by atoms with van der Waals surface area (Å²) >= 11 is 0. The maximum atomic E-state index is 12.4. The summed E-state index contributed by atoms with van der Waals surface area (Å²) in [5, 5.41) is 1.24. The van der Waals surface area contributed by atoms with E-state index in [9.17, 15) is 4.79 Å². The molecule has 21 heavy (non-hydrogen) atoms. The number of nitrogens with zero attached hydrogens (tertiary/aromatic N) is 1. The summed E-state index contributed by atoms with van der Waals surface area (Å²) in [6, 6.07) is 8.28. The van der Waals surface area contributed by atoms with E-state index < -0.39 is 0 Å². The van der Waals surface area contributed by atoms with E-state index in [2.05, 4.69) is 41.9 Å². The molecule has 2 atom stereocenters. The molecule has 1 amide bonds. The summed E-state index contributed by atoms with van der Waals surface area (Å²) in [4.78, 5) is 17.7. The number of nitrogens with one attached hydrogen (secondary N) is 1. The number of hydrogen-bond donors (Lipinski definition) is 1. The van der Waals surface area contributed by atoms with E-state index in [0.717, 1.165) is 37.4 Å². The van der Waals surface area contributed by atoms with Gasteiger partial charge in [0, 0.05) is 36.6 Å². The minimum Gasteiger partial charge on any atom is -0.361 e. The number of carbonyl (C=O) groups excluding carboxylic acids is 1. The van der Waals surface area contributed by atoms with Crippen LogP contribution in [0.25, 0.3) is 10.9 Å². The molecular weight excluding hydrogens is 260 g/mol. The maximum Gasteiger partial charge on any atom is 0.222 e. The molecule has 2 unspecified atom stereocenters. The van der Waals surface area contributed by atoms with Gasteiger partial charge in [-0.25, -0.2) is 0 Å². The van der Waals surface area contributed by atoms with Crippen molar-refractivity contribution in [2.75, 3.05) is 13.1 Å². The molecule has 0 radical (unpaired) electrons. The predicted molar refractivity (Wildman–Crippen MR) is 86.1 cm³/mol. The number of rotatable bonds is 3. The van der Waals surface area contributed by atoms with Crippen LogP contribution in [0.15, 0.2) is 30.5 Å². The Morgan fingerprint density at radius 2 is 2.10 bits per heavy atom. The van der Waals surface area contributed by atoms with E-state index in [4.69, 9.17) is 0 Å². The molecule has 1 aliphatic heterocycles. The molecule has 1 aromatic heterocycles. The van der Waals surface area contributed by atoms with Crippen molar-refractivity contribution in [1.82, 2.24) is 9.88 Å². The van der Waals surface area contributed by atoms with E-state index >= 15 is 0 Å². The normalized spacial score (nSPS) is 22.7. The lowest BCUT2D eigenvalue weighted by Gasteiger charge is -2.35. The van der Waals surface area contributed by atoms with Gasteiger partial charge in [-0.2, -0.15) is 0 Å². The smallest absolute Gasteiger partial charge is 0.222 e. The molecule has 0 spiro atoms. The summed E-state index contributed by atoms with van der Waals surface area (Å²) in [5.41, 5.74) is 2.40. The van der Waals surface area contributed by atoms with Crippen LogP contribution in [0.3, 0.4) is 0 Å². The van der Waals surface area contributed by atoms with Gasteiger partial charge in [-0.15, -0.1) is 0 Å². The zero-order valence-corrected chi connectivity index (χ0v) is 12.9. The van der Waals surface area contributed by atoms with Crippen molar-refractivity contribution < 1.29 is 4.79 Å². The van der Waals surface area contributed by atoms with E-state index in [1.54, 1.807) is 0 Å². The SMILES string of the molecule is CC1CCN(C(=O)CCc2c[nH]c3ccccc23)CC1C. The Labute approximate surface area is 126 Å². The third-order valence-corrected chi connectivity index (χ3v) is 4.97. The number of hydrogen-bond acceptors (Lipinski definition) is 1. The molecule has 1 aliphatic rings. The molecule has 1 aromatic carbocycles. The largest absolute Gasteiger partial charge is 0.361 e. The zero-order valence-electron chi connectivity index (χ0n) is 12.9. The first-order chi connectivity index (χ1) is 10.1. The molecular formula is C18H24N2O. The second-order valence-electron chi connectivity index (χ2n) is 6.44. The van der Waals surface area contributed by atoms with E-state index in [1.165, 1.54) is 10.9 Å². The first-order valence-electron chi connectivity index (χ1n) is 7.98. The van der Waals surface area contributed by atoms with Crippen LogP contribution in [-0.2, 0) is 11.2 Å². The summed E-state index contributed by atoms with van der Waals surface area (Å²) in [6.45, 7) is 6.40. The maximum absolute atomic E-state index is 12.4. The van der Waals surface area contributed by atoms with Gasteiger partial charge in [0.25, 0.3) is 0 Å². The van der Waals surface area contributed by atoms with Crippen LogP contribution in [0, 0.1) is 11.8 Å². The zero-order chi connectivity index (χ0) is 14.8.